The van der Waals surface area contributed by atoms with Crippen LogP contribution in [0.15, 0.2) is 23.2 Å². The van der Waals surface area contributed by atoms with Gasteiger partial charge >= 0.3 is 0 Å². The Morgan fingerprint density at radius 3 is 2.00 bits per heavy atom. The van der Waals surface area contributed by atoms with E-state index in [9.17, 15) is 8.42 Å². The second kappa shape index (κ2) is 8.01. The number of rotatable bonds is 6. The number of likely N-dealkylation sites (tertiary alicyclic amines) is 1. The predicted molar refractivity (Wildman–Crippen MR) is 114 cm³/mol. The molecular formula is C22H33N3O2S. The maximum absolute atomic E-state index is 13.3. The molecule has 1 atom stereocenters. The smallest absolute Gasteiger partial charge is 0.241 e. The standard InChI is InChI=1S/C22H33N3O2S/c1-15-16(2)18(4)22(19(5)17(15)3)28(26,27)23-14-21(25-12-7-8-13-25)20-10-9-11-24(20)6/h9-11,21,23H,7-8,12-14H2,1-6H3/t21-/m0/s1. The first kappa shape index (κ1) is 21.1. The Balaban J connectivity index is 1.93. The lowest BCUT2D eigenvalue weighted by atomic mass is 9.95. The third-order valence-electron chi connectivity index (χ3n) is 6.57. The zero-order chi connectivity index (χ0) is 20.6. The lowest BCUT2D eigenvalue weighted by Gasteiger charge is -2.29. The monoisotopic (exact) mass is 403 g/mol. The first-order valence-corrected chi connectivity index (χ1v) is 11.6. The minimum atomic E-state index is -3.60. The molecule has 0 radical (unpaired) electrons. The van der Waals surface area contributed by atoms with Gasteiger partial charge in [-0.1, -0.05) is 0 Å². The van der Waals surface area contributed by atoms with E-state index in [2.05, 4.69) is 27.2 Å². The molecule has 1 fully saturated rings. The molecule has 154 valence electrons. The zero-order valence-corrected chi connectivity index (χ0v) is 18.8. The molecule has 1 aliphatic rings. The van der Waals surface area contributed by atoms with Gasteiger partial charge in [0.15, 0.2) is 0 Å². The maximum atomic E-state index is 13.3. The molecule has 6 heteroatoms. The molecule has 0 aliphatic carbocycles. The highest BCUT2D eigenvalue weighted by atomic mass is 32.2. The maximum Gasteiger partial charge on any atom is 0.241 e. The molecule has 0 bridgehead atoms. The molecule has 0 unspecified atom stereocenters. The van der Waals surface area contributed by atoms with Gasteiger partial charge in [-0.25, -0.2) is 13.1 Å². The summed E-state index contributed by atoms with van der Waals surface area (Å²) in [7, 11) is -1.58. The van der Waals surface area contributed by atoms with Gasteiger partial charge < -0.3 is 4.57 Å². The predicted octanol–water partition coefficient (Wildman–Crippen LogP) is 3.68. The molecule has 28 heavy (non-hydrogen) atoms. The van der Waals surface area contributed by atoms with Gasteiger partial charge in [-0.2, -0.15) is 0 Å². The van der Waals surface area contributed by atoms with Crippen molar-refractivity contribution in [3.8, 4) is 0 Å². The second-order valence-corrected chi connectivity index (χ2v) is 9.81. The minimum Gasteiger partial charge on any atom is -0.353 e. The van der Waals surface area contributed by atoms with Gasteiger partial charge in [-0.15, -0.1) is 0 Å². The van der Waals surface area contributed by atoms with Crippen LogP contribution in [0.4, 0.5) is 0 Å². The van der Waals surface area contributed by atoms with E-state index >= 15 is 0 Å². The molecule has 1 aromatic carbocycles. The summed E-state index contributed by atoms with van der Waals surface area (Å²) in [5.41, 5.74) is 6.14. The summed E-state index contributed by atoms with van der Waals surface area (Å²) in [6, 6.07) is 4.16. The topological polar surface area (TPSA) is 54.3 Å². The molecule has 2 heterocycles. The van der Waals surface area contributed by atoms with E-state index in [1.54, 1.807) is 0 Å². The van der Waals surface area contributed by atoms with Crippen molar-refractivity contribution in [2.24, 2.45) is 7.05 Å². The van der Waals surface area contributed by atoms with Gasteiger partial charge in [-0.3, -0.25) is 4.90 Å². The van der Waals surface area contributed by atoms with E-state index in [0.29, 0.717) is 11.4 Å². The number of sulfonamides is 1. The van der Waals surface area contributed by atoms with Crippen LogP contribution in [-0.4, -0.2) is 37.5 Å². The van der Waals surface area contributed by atoms with E-state index in [0.717, 1.165) is 41.0 Å². The highest BCUT2D eigenvalue weighted by molar-refractivity contribution is 7.89. The van der Waals surface area contributed by atoms with Crippen molar-refractivity contribution >= 4 is 10.0 Å². The number of hydrogen-bond acceptors (Lipinski definition) is 3. The summed E-state index contributed by atoms with van der Waals surface area (Å²) in [5.74, 6) is 0. The molecule has 1 N–H and O–H groups in total. The Kier molecular flexibility index (Phi) is 6.03. The van der Waals surface area contributed by atoms with Crippen molar-refractivity contribution < 1.29 is 8.42 Å². The van der Waals surface area contributed by atoms with E-state index in [4.69, 9.17) is 0 Å². The number of hydrogen-bond donors (Lipinski definition) is 1. The van der Waals surface area contributed by atoms with Crippen molar-refractivity contribution in [1.29, 1.82) is 0 Å². The fraction of sp³-hybridized carbons (Fsp3) is 0.545. The minimum absolute atomic E-state index is 0.0468. The van der Waals surface area contributed by atoms with Crippen LogP contribution < -0.4 is 4.72 Å². The van der Waals surface area contributed by atoms with Crippen molar-refractivity contribution in [3.05, 3.63) is 51.8 Å². The normalized spacial score (nSPS) is 16.6. The van der Waals surface area contributed by atoms with Crippen LogP contribution in [-0.2, 0) is 17.1 Å². The number of benzene rings is 1. The number of nitrogens with zero attached hydrogens (tertiary/aromatic N) is 2. The van der Waals surface area contributed by atoms with Crippen LogP contribution in [0.2, 0.25) is 0 Å². The lowest BCUT2D eigenvalue weighted by Crippen LogP contribution is -2.38. The number of aryl methyl sites for hydroxylation is 1. The molecular weight excluding hydrogens is 370 g/mol. The number of aromatic nitrogens is 1. The second-order valence-electron chi connectivity index (χ2n) is 8.11. The Morgan fingerprint density at radius 2 is 1.50 bits per heavy atom. The van der Waals surface area contributed by atoms with Crippen molar-refractivity contribution in [3.63, 3.8) is 0 Å². The van der Waals surface area contributed by atoms with Crippen LogP contribution in [0.1, 0.15) is 52.4 Å². The molecule has 0 spiro atoms. The molecule has 5 nitrogen and oxygen atoms in total. The third kappa shape index (κ3) is 3.78. The zero-order valence-electron chi connectivity index (χ0n) is 18.0. The van der Waals surface area contributed by atoms with Gasteiger partial charge in [0.25, 0.3) is 0 Å². The molecule has 3 rings (SSSR count). The molecule has 1 aromatic heterocycles. The largest absolute Gasteiger partial charge is 0.353 e. The van der Waals surface area contributed by atoms with E-state index in [1.807, 2.05) is 47.0 Å². The average Bonchev–Trinajstić information content (AvgIpc) is 3.31. The third-order valence-corrected chi connectivity index (χ3v) is 8.27. The Morgan fingerprint density at radius 1 is 0.964 bits per heavy atom. The fourth-order valence-electron chi connectivity index (χ4n) is 4.42. The van der Waals surface area contributed by atoms with Gasteiger partial charge in [0.2, 0.25) is 10.0 Å². The highest BCUT2D eigenvalue weighted by Gasteiger charge is 2.29. The van der Waals surface area contributed by atoms with Crippen molar-refractivity contribution in [1.82, 2.24) is 14.2 Å². The van der Waals surface area contributed by atoms with Gasteiger partial charge in [-0.05, 0) is 100 Å². The number of nitrogens with one attached hydrogen (secondary N) is 1. The van der Waals surface area contributed by atoms with Crippen LogP contribution in [0.25, 0.3) is 0 Å². The summed E-state index contributed by atoms with van der Waals surface area (Å²) in [6.07, 6.45) is 4.36. The van der Waals surface area contributed by atoms with E-state index in [-0.39, 0.29) is 6.04 Å². The van der Waals surface area contributed by atoms with Crippen molar-refractivity contribution in [2.75, 3.05) is 19.6 Å². The SMILES string of the molecule is Cc1c(C)c(C)c(S(=O)(=O)NC[C@@H](c2cccn2C)N2CCCC2)c(C)c1C. The molecule has 0 saturated carbocycles. The van der Waals surface area contributed by atoms with Crippen LogP contribution >= 0.6 is 0 Å². The molecule has 2 aromatic rings. The highest BCUT2D eigenvalue weighted by Crippen LogP contribution is 2.30. The summed E-state index contributed by atoms with van der Waals surface area (Å²) >= 11 is 0. The molecule has 1 saturated heterocycles. The average molecular weight is 404 g/mol. The lowest BCUT2D eigenvalue weighted by molar-refractivity contribution is 0.238. The molecule has 1 aliphatic heterocycles. The van der Waals surface area contributed by atoms with E-state index < -0.39 is 10.0 Å². The summed E-state index contributed by atoms with van der Waals surface area (Å²) in [6.45, 7) is 12.3. The van der Waals surface area contributed by atoms with E-state index in [1.165, 1.54) is 18.4 Å². The summed E-state index contributed by atoms with van der Waals surface area (Å²) < 4.78 is 31.7. The van der Waals surface area contributed by atoms with Crippen molar-refractivity contribution in [2.45, 2.75) is 58.4 Å². The Bertz CT molecular complexity index is 941. The van der Waals surface area contributed by atoms with Gasteiger partial charge in [0, 0.05) is 25.5 Å². The van der Waals surface area contributed by atoms with Gasteiger partial charge in [0.1, 0.15) is 0 Å². The first-order chi connectivity index (χ1) is 13.1. The Hall–Kier alpha value is -1.63. The Labute approximate surface area is 169 Å². The van der Waals surface area contributed by atoms with Crippen LogP contribution in [0.5, 0.6) is 0 Å². The summed E-state index contributed by atoms with van der Waals surface area (Å²) in [5, 5.41) is 0. The molecule has 0 amide bonds. The fourth-order valence-corrected chi connectivity index (χ4v) is 6.06. The van der Waals surface area contributed by atoms with Crippen LogP contribution in [0, 0.1) is 34.6 Å². The quantitative estimate of drug-likeness (QED) is 0.800. The van der Waals surface area contributed by atoms with Crippen LogP contribution in [0.3, 0.4) is 0 Å². The summed E-state index contributed by atoms with van der Waals surface area (Å²) in [4.78, 5) is 2.84. The van der Waals surface area contributed by atoms with Gasteiger partial charge in [0.05, 0.1) is 10.9 Å². The first-order valence-electron chi connectivity index (χ1n) is 10.1.